The average molecular weight is 643 g/mol. The molecule has 4 nitrogen and oxygen atoms in total. The van der Waals surface area contributed by atoms with Gasteiger partial charge >= 0.3 is 0 Å². The maximum Gasteiger partial charge on any atom is 0.0975 e. The second-order valence-corrected chi connectivity index (χ2v) is 13.3. The van der Waals surface area contributed by atoms with Crippen molar-refractivity contribution >= 4 is 43.6 Å². The van der Waals surface area contributed by atoms with E-state index in [0.29, 0.717) is 0 Å². The van der Waals surface area contributed by atoms with Gasteiger partial charge in [0.15, 0.2) is 0 Å². The van der Waals surface area contributed by atoms with Crippen molar-refractivity contribution in [1.82, 2.24) is 19.9 Å². The van der Waals surface area contributed by atoms with Crippen LogP contribution in [0.4, 0.5) is 0 Å². The van der Waals surface area contributed by atoms with Crippen LogP contribution in [-0.4, -0.2) is 19.9 Å². The average Bonchev–Trinajstić information content (AvgIpc) is 3.15. The highest BCUT2D eigenvalue weighted by Gasteiger charge is 2.15. The van der Waals surface area contributed by atoms with Crippen molar-refractivity contribution < 1.29 is 0 Å². The topological polar surface area (TPSA) is 51.6 Å². The van der Waals surface area contributed by atoms with Crippen molar-refractivity contribution in [2.24, 2.45) is 0 Å². The van der Waals surface area contributed by atoms with Gasteiger partial charge < -0.3 is 0 Å². The van der Waals surface area contributed by atoms with Gasteiger partial charge in [0, 0.05) is 43.8 Å². The predicted molar refractivity (Wildman–Crippen MR) is 208 cm³/mol. The van der Waals surface area contributed by atoms with Crippen LogP contribution in [0, 0.1) is 27.7 Å². The molecular weight excluding hydrogens is 609 g/mol. The van der Waals surface area contributed by atoms with Crippen LogP contribution in [0.3, 0.4) is 0 Å². The van der Waals surface area contributed by atoms with E-state index in [1.165, 1.54) is 22.3 Å². The van der Waals surface area contributed by atoms with Gasteiger partial charge in [-0.2, -0.15) is 0 Å². The summed E-state index contributed by atoms with van der Waals surface area (Å²) in [6.07, 6.45) is 0. The zero-order chi connectivity index (χ0) is 33.9. The Bertz CT molecular complexity index is 2580. The number of pyridine rings is 4. The number of fused-ring (bicyclic) bond motifs is 6. The molecule has 50 heavy (non-hydrogen) atoms. The van der Waals surface area contributed by atoms with Gasteiger partial charge in [0.05, 0.1) is 44.8 Å². The number of aryl methyl sites for hydroxylation is 4. The van der Waals surface area contributed by atoms with Crippen LogP contribution in [0.1, 0.15) is 22.3 Å². The Kier molecular flexibility index (Phi) is 6.99. The fourth-order valence-electron chi connectivity index (χ4n) is 7.25. The summed E-state index contributed by atoms with van der Waals surface area (Å²) < 4.78 is 0. The summed E-state index contributed by atoms with van der Waals surface area (Å²) in [4.78, 5) is 20.9. The summed E-state index contributed by atoms with van der Waals surface area (Å²) in [7, 11) is 0. The quantitative estimate of drug-likeness (QED) is 0.179. The molecule has 0 radical (unpaired) electrons. The molecule has 0 N–H and O–H groups in total. The SMILES string of the molecule is Cc1cc(-c2ccccc2)nc2c1ccc1c(C)cc(-c3ccc(-c4cc(C)c5ccc6c(C)cc(-c7ccccc7)nc6c5n4)cc3)nc12. The van der Waals surface area contributed by atoms with Crippen LogP contribution in [0.2, 0.25) is 0 Å². The smallest absolute Gasteiger partial charge is 0.0975 e. The molecule has 0 amide bonds. The number of rotatable bonds is 4. The first-order valence-corrected chi connectivity index (χ1v) is 17.1. The molecule has 0 saturated carbocycles. The Hall–Kier alpha value is -6.26. The molecule has 0 unspecified atom stereocenters. The summed E-state index contributed by atoms with van der Waals surface area (Å²) >= 11 is 0. The molecule has 4 heterocycles. The fourth-order valence-corrected chi connectivity index (χ4v) is 7.25. The van der Waals surface area contributed by atoms with E-state index in [0.717, 1.165) is 88.6 Å². The molecule has 0 bridgehead atoms. The Labute approximate surface area is 291 Å². The molecule has 0 aliphatic rings. The summed E-state index contributed by atoms with van der Waals surface area (Å²) in [5, 5.41) is 4.50. The second-order valence-electron chi connectivity index (χ2n) is 13.3. The lowest BCUT2D eigenvalue weighted by Crippen LogP contribution is -1.95. The van der Waals surface area contributed by atoms with Gasteiger partial charge in [-0.25, -0.2) is 19.9 Å². The molecule has 0 aliphatic carbocycles. The molecular formula is C46H34N4. The molecule has 0 atom stereocenters. The maximum atomic E-state index is 5.26. The molecule has 0 aliphatic heterocycles. The summed E-state index contributed by atoms with van der Waals surface area (Å²) in [6.45, 7) is 8.63. The molecule has 4 heteroatoms. The summed E-state index contributed by atoms with van der Waals surface area (Å²) in [6, 6.07) is 46.8. The van der Waals surface area contributed by atoms with Gasteiger partial charge in [-0.1, -0.05) is 109 Å². The molecule has 0 spiro atoms. The molecule has 238 valence electrons. The van der Waals surface area contributed by atoms with E-state index in [1.54, 1.807) is 0 Å². The highest BCUT2D eigenvalue weighted by atomic mass is 14.8. The van der Waals surface area contributed by atoms with E-state index in [-0.39, 0.29) is 0 Å². The zero-order valence-electron chi connectivity index (χ0n) is 28.5. The van der Waals surface area contributed by atoms with Crippen LogP contribution < -0.4 is 0 Å². The van der Waals surface area contributed by atoms with E-state index >= 15 is 0 Å². The monoisotopic (exact) mass is 642 g/mol. The van der Waals surface area contributed by atoms with Gasteiger partial charge in [-0.3, -0.25) is 0 Å². The van der Waals surface area contributed by atoms with Crippen molar-refractivity contribution in [2.75, 3.05) is 0 Å². The Balaban J connectivity index is 1.15. The second kappa shape index (κ2) is 11.7. The van der Waals surface area contributed by atoms with Crippen molar-refractivity contribution in [2.45, 2.75) is 27.7 Å². The van der Waals surface area contributed by atoms with Gasteiger partial charge in [0.1, 0.15) is 0 Å². The molecule has 0 fully saturated rings. The van der Waals surface area contributed by atoms with Crippen LogP contribution in [-0.2, 0) is 0 Å². The van der Waals surface area contributed by atoms with E-state index in [4.69, 9.17) is 19.9 Å². The van der Waals surface area contributed by atoms with E-state index < -0.39 is 0 Å². The van der Waals surface area contributed by atoms with E-state index in [2.05, 4.69) is 149 Å². The molecule has 9 aromatic rings. The van der Waals surface area contributed by atoms with Crippen molar-refractivity contribution in [3.05, 3.63) is 156 Å². The minimum Gasteiger partial charge on any atom is -0.245 e. The van der Waals surface area contributed by atoms with Crippen molar-refractivity contribution in [3.63, 3.8) is 0 Å². The lowest BCUT2D eigenvalue weighted by Gasteiger charge is -2.13. The van der Waals surface area contributed by atoms with Gasteiger partial charge in [0.2, 0.25) is 0 Å². The molecule has 0 saturated heterocycles. The summed E-state index contributed by atoms with van der Waals surface area (Å²) in [5.41, 5.74) is 16.6. The number of hydrogen-bond donors (Lipinski definition) is 0. The molecule has 4 aromatic heterocycles. The Morgan fingerprint density at radius 3 is 0.780 bits per heavy atom. The van der Waals surface area contributed by atoms with Crippen molar-refractivity contribution in [3.8, 4) is 45.0 Å². The Morgan fingerprint density at radius 2 is 0.520 bits per heavy atom. The van der Waals surface area contributed by atoms with Crippen LogP contribution in [0.5, 0.6) is 0 Å². The fraction of sp³-hybridized carbons (Fsp3) is 0.0870. The van der Waals surface area contributed by atoms with E-state index in [1.807, 2.05) is 12.1 Å². The van der Waals surface area contributed by atoms with Gasteiger partial charge in [0.25, 0.3) is 0 Å². The molecule has 5 aromatic carbocycles. The first-order chi connectivity index (χ1) is 24.4. The lowest BCUT2D eigenvalue weighted by molar-refractivity contribution is 1.32. The minimum absolute atomic E-state index is 0.929. The van der Waals surface area contributed by atoms with Gasteiger partial charge in [-0.05, 0) is 74.2 Å². The molecule has 9 rings (SSSR count). The third-order valence-corrected chi connectivity index (χ3v) is 9.96. The van der Waals surface area contributed by atoms with Crippen molar-refractivity contribution in [1.29, 1.82) is 0 Å². The lowest BCUT2D eigenvalue weighted by atomic mass is 9.98. The van der Waals surface area contributed by atoms with E-state index in [9.17, 15) is 0 Å². The Morgan fingerprint density at radius 1 is 0.280 bits per heavy atom. The van der Waals surface area contributed by atoms with Crippen LogP contribution in [0.25, 0.3) is 88.6 Å². The zero-order valence-corrected chi connectivity index (χ0v) is 28.5. The third-order valence-electron chi connectivity index (χ3n) is 9.96. The normalized spacial score (nSPS) is 11.6. The number of hydrogen-bond acceptors (Lipinski definition) is 4. The minimum atomic E-state index is 0.929. The van der Waals surface area contributed by atoms with Gasteiger partial charge in [-0.15, -0.1) is 0 Å². The largest absolute Gasteiger partial charge is 0.245 e. The van der Waals surface area contributed by atoms with Crippen LogP contribution in [0.15, 0.2) is 133 Å². The standard InChI is InChI=1S/C46H34N4/c1-27-23-39(31-11-7-5-8-12-31)47-43-35(27)19-21-37-29(3)25-41(49-45(37)43)33-15-17-34(18-16-33)42-26-30(4)38-22-20-36-28(2)24-40(32-13-9-6-10-14-32)48-44(36)46(38)50-42/h5-26H,1-4H3. The van der Waals surface area contributed by atoms with Crippen LogP contribution >= 0.6 is 0 Å². The number of nitrogens with zero attached hydrogens (tertiary/aromatic N) is 4. The third kappa shape index (κ3) is 5.00. The number of benzene rings is 5. The first-order valence-electron chi connectivity index (χ1n) is 17.1. The first kappa shape index (κ1) is 29.8. The highest BCUT2D eigenvalue weighted by Crippen LogP contribution is 2.35. The predicted octanol–water partition coefficient (Wildman–Crippen LogP) is 11.8. The maximum absolute atomic E-state index is 5.26. The number of aromatic nitrogens is 4. The highest BCUT2D eigenvalue weighted by molar-refractivity contribution is 6.07. The summed E-state index contributed by atoms with van der Waals surface area (Å²) in [5.74, 6) is 0.